The third kappa shape index (κ3) is 1.22. The van der Waals surface area contributed by atoms with E-state index in [1.165, 1.54) is 5.56 Å². The lowest BCUT2D eigenvalue weighted by Gasteiger charge is -2.34. The highest BCUT2D eigenvalue weighted by molar-refractivity contribution is 5.36. The molecule has 0 N–H and O–H groups in total. The molecule has 2 heteroatoms. The molecular weight excluding hydrogens is 176 g/mol. The fourth-order valence-corrected chi connectivity index (χ4v) is 2.32. The molecule has 0 amide bonds. The summed E-state index contributed by atoms with van der Waals surface area (Å²) in [4.78, 5) is 0. The molecule has 2 nitrogen and oxygen atoms in total. The van der Waals surface area contributed by atoms with Crippen LogP contribution >= 0.6 is 0 Å². The first-order chi connectivity index (χ1) is 6.88. The van der Waals surface area contributed by atoms with Gasteiger partial charge in [0.25, 0.3) is 0 Å². The van der Waals surface area contributed by atoms with Gasteiger partial charge in [0.05, 0.1) is 13.2 Å². The van der Waals surface area contributed by atoms with Crippen molar-refractivity contribution in [2.45, 2.75) is 24.9 Å². The standard InChI is InChI=1S/C12H14O2/c1-2-4-11-10(3-1)5-6-12(14-11)7-8-13-9-12/h1-4H,5-9H2. The van der Waals surface area contributed by atoms with Gasteiger partial charge in [0.1, 0.15) is 11.4 Å². The van der Waals surface area contributed by atoms with Crippen molar-refractivity contribution in [2.24, 2.45) is 0 Å². The summed E-state index contributed by atoms with van der Waals surface area (Å²) in [6, 6.07) is 8.32. The average molecular weight is 190 g/mol. The molecule has 0 aromatic heterocycles. The third-order valence-corrected chi connectivity index (χ3v) is 3.22. The molecule has 1 aromatic rings. The van der Waals surface area contributed by atoms with Gasteiger partial charge in [-0.2, -0.15) is 0 Å². The van der Waals surface area contributed by atoms with Crippen LogP contribution in [0.15, 0.2) is 24.3 Å². The lowest BCUT2D eigenvalue weighted by Crippen LogP contribution is -2.39. The minimum Gasteiger partial charge on any atom is -0.484 e. The van der Waals surface area contributed by atoms with Gasteiger partial charge in [-0.15, -0.1) is 0 Å². The van der Waals surface area contributed by atoms with Gasteiger partial charge in [-0.3, -0.25) is 0 Å². The van der Waals surface area contributed by atoms with E-state index in [-0.39, 0.29) is 5.60 Å². The van der Waals surface area contributed by atoms with Gasteiger partial charge in [-0.25, -0.2) is 0 Å². The zero-order valence-corrected chi connectivity index (χ0v) is 8.16. The van der Waals surface area contributed by atoms with Gasteiger partial charge < -0.3 is 9.47 Å². The molecule has 0 aliphatic carbocycles. The van der Waals surface area contributed by atoms with Crippen molar-refractivity contribution in [1.82, 2.24) is 0 Å². The highest BCUT2D eigenvalue weighted by Gasteiger charge is 2.39. The van der Waals surface area contributed by atoms with E-state index < -0.39 is 0 Å². The van der Waals surface area contributed by atoms with Gasteiger partial charge in [0.2, 0.25) is 0 Å². The van der Waals surface area contributed by atoms with Gasteiger partial charge in [0.15, 0.2) is 0 Å². The zero-order chi connectivity index (χ0) is 9.43. The third-order valence-electron chi connectivity index (χ3n) is 3.22. The van der Waals surface area contributed by atoms with Crippen molar-refractivity contribution >= 4 is 0 Å². The second-order valence-corrected chi connectivity index (χ2v) is 4.20. The predicted octanol–water partition coefficient (Wildman–Crippen LogP) is 2.17. The van der Waals surface area contributed by atoms with Crippen LogP contribution in [0.1, 0.15) is 18.4 Å². The number of ether oxygens (including phenoxy) is 2. The Kier molecular flexibility index (Phi) is 1.77. The molecule has 3 rings (SSSR count). The van der Waals surface area contributed by atoms with Crippen LogP contribution in [0.5, 0.6) is 5.75 Å². The van der Waals surface area contributed by atoms with Gasteiger partial charge in [0, 0.05) is 6.42 Å². The van der Waals surface area contributed by atoms with Crippen LogP contribution in [0.4, 0.5) is 0 Å². The maximum atomic E-state index is 6.06. The molecule has 2 aliphatic heterocycles. The quantitative estimate of drug-likeness (QED) is 0.624. The molecule has 2 aliphatic rings. The number of benzene rings is 1. The van der Waals surface area contributed by atoms with E-state index >= 15 is 0 Å². The Morgan fingerprint density at radius 2 is 2.07 bits per heavy atom. The van der Waals surface area contributed by atoms with Gasteiger partial charge in [-0.1, -0.05) is 18.2 Å². The van der Waals surface area contributed by atoms with Crippen LogP contribution in [0.25, 0.3) is 0 Å². The first-order valence-corrected chi connectivity index (χ1v) is 5.23. The minimum absolute atomic E-state index is 0.00560. The van der Waals surface area contributed by atoms with Crippen molar-refractivity contribution in [3.05, 3.63) is 29.8 Å². The summed E-state index contributed by atoms with van der Waals surface area (Å²) in [5.41, 5.74) is 1.33. The maximum absolute atomic E-state index is 6.06. The molecule has 2 heterocycles. The highest BCUT2D eigenvalue weighted by Crippen LogP contribution is 2.37. The van der Waals surface area contributed by atoms with E-state index in [1.54, 1.807) is 0 Å². The van der Waals surface area contributed by atoms with Crippen LogP contribution in [-0.4, -0.2) is 18.8 Å². The van der Waals surface area contributed by atoms with Crippen molar-refractivity contribution in [2.75, 3.05) is 13.2 Å². The van der Waals surface area contributed by atoms with Crippen molar-refractivity contribution < 1.29 is 9.47 Å². The van der Waals surface area contributed by atoms with Crippen LogP contribution in [0, 0.1) is 0 Å². The zero-order valence-electron chi connectivity index (χ0n) is 8.16. The molecule has 0 bridgehead atoms. The molecule has 1 spiro atoms. The Hall–Kier alpha value is -1.02. The summed E-state index contributed by atoms with van der Waals surface area (Å²) in [6.45, 7) is 1.61. The first kappa shape index (κ1) is 8.30. The summed E-state index contributed by atoms with van der Waals surface area (Å²) < 4.78 is 11.5. The molecule has 74 valence electrons. The molecule has 1 unspecified atom stereocenters. The molecule has 0 saturated carbocycles. The number of rotatable bonds is 0. The second kappa shape index (κ2) is 2.99. The first-order valence-electron chi connectivity index (χ1n) is 5.23. The van der Waals surface area contributed by atoms with Crippen LogP contribution in [0.3, 0.4) is 0 Å². The van der Waals surface area contributed by atoms with Crippen LogP contribution in [0.2, 0.25) is 0 Å². The summed E-state index contributed by atoms with van der Waals surface area (Å²) in [5, 5.41) is 0. The second-order valence-electron chi connectivity index (χ2n) is 4.20. The predicted molar refractivity (Wildman–Crippen MR) is 53.6 cm³/mol. The summed E-state index contributed by atoms with van der Waals surface area (Å²) in [5.74, 6) is 1.06. The minimum atomic E-state index is -0.00560. The van der Waals surface area contributed by atoms with E-state index in [0.717, 1.165) is 38.2 Å². The maximum Gasteiger partial charge on any atom is 0.135 e. The fraction of sp³-hybridized carbons (Fsp3) is 0.500. The summed E-state index contributed by atoms with van der Waals surface area (Å²) in [7, 11) is 0. The highest BCUT2D eigenvalue weighted by atomic mass is 16.6. The topological polar surface area (TPSA) is 18.5 Å². The lowest BCUT2D eigenvalue weighted by atomic mass is 9.90. The normalized spacial score (nSPS) is 30.0. The molecule has 14 heavy (non-hydrogen) atoms. The molecule has 1 fully saturated rings. The van der Waals surface area contributed by atoms with Crippen LogP contribution < -0.4 is 4.74 Å². The number of hydrogen-bond donors (Lipinski definition) is 0. The molecule has 0 radical (unpaired) electrons. The smallest absolute Gasteiger partial charge is 0.135 e. The van der Waals surface area contributed by atoms with E-state index in [2.05, 4.69) is 18.2 Å². The van der Waals surface area contributed by atoms with Crippen molar-refractivity contribution in [1.29, 1.82) is 0 Å². The van der Waals surface area contributed by atoms with E-state index in [0.29, 0.717) is 0 Å². The number of aryl methyl sites for hydroxylation is 1. The van der Waals surface area contributed by atoms with Crippen LogP contribution in [-0.2, 0) is 11.2 Å². The summed E-state index contributed by atoms with van der Waals surface area (Å²) >= 11 is 0. The average Bonchev–Trinajstić information content (AvgIpc) is 2.66. The Balaban J connectivity index is 1.92. The Morgan fingerprint density at radius 3 is 2.93 bits per heavy atom. The van der Waals surface area contributed by atoms with Gasteiger partial charge >= 0.3 is 0 Å². The van der Waals surface area contributed by atoms with Crippen molar-refractivity contribution in [3.63, 3.8) is 0 Å². The molecule has 1 atom stereocenters. The number of hydrogen-bond acceptors (Lipinski definition) is 2. The number of para-hydroxylation sites is 1. The molecule has 1 aromatic carbocycles. The Labute approximate surface area is 83.8 Å². The van der Waals surface area contributed by atoms with Crippen molar-refractivity contribution in [3.8, 4) is 5.75 Å². The molecular formula is C12H14O2. The van der Waals surface area contributed by atoms with E-state index in [9.17, 15) is 0 Å². The SMILES string of the molecule is c1ccc2c(c1)CCC1(CCOC1)O2. The number of fused-ring (bicyclic) bond motifs is 1. The monoisotopic (exact) mass is 190 g/mol. The van der Waals surface area contributed by atoms with Gasteiger partial charge in [-0.05, 0) is 24.5 Å². The Bertz CT molecular complexity index is 340. The lowest BCUT2D eigenvalue weighted by molar-refractivity contribution is 0.0322. The largest absolute Gasteiger partial charge is 0.484 e. The van der Waals surface area contributed by atoms with E-state index in [4.69, 9.17) is 9.47 Å². The van der Waals surface area contributed by atoms with E-state index in [1.807, 2.05) is 6.07 Å². The molecule has 1 saturated heterocycles. The summed E-state index contributed by atoms with van der Waals surface area (Å²) in [6.07, 6.45) is 3.27. The Morgan fingerprint density at radius 1 is 1.14 bits per heavy atom. The fourth-order valence-electron chi connectivity index (χ4n) is 2.32.